The summed E-state index contributed by atoms with van der Waals surface area (Å²) < 4.78 is 26.8. The molecule has 0 rings (SSSR count). The van der Waals surface area contributed by atoms with Gasteiger partial charge >= 0.3 is 17.1 Å². The molecule has 0 N–H and O–H groups in total. The van der Waals surface area contributed by atoms with E-state index in [-0.39, 0.29) is 0 Å². The molecule has 0 aliphatic heterocycles. The second-order valence-corrected chi connectivity index (χ2v) is 17.0. The Kier molecular flexibility index (Phi) is 17.1. The first-order chi connectivity index (χ1) is 13.8. The van der Waals surface area contributed by atoms with Gasteiger partial charge in [-0.2, -0.15) is 0 Å². The van der Waals surface area contributed by atoms with Gasteiger partial charge in [0.15, 0.2) is 0 Å². The lowest BCUT2D eigenvalue weighted by Gasteiger charge is -2.42. The van der Waals surface area contributed by atoms with E-state index in [0.717, 1.165) is 83.5 Å². The van der Waals surface area contributed by atoms with Crippen molar-refractivity contribution in [3.05, 3.63) is 0 Å². The minimum atomic E-state index is -2.45. The number of unbranched alkanes of at least 4 members (excludes halogenated alkanes) is 4. The summed E-state index contributed by atoms with van der Waals surface area (Å²) in [5.41, 5.74) is 1.65. The van der Waals surface area contributed by atoms with Crippen molar-refractivity contribution in [2.75, 3.05) is 26.4 Å². The van der Waals surface area contributed by atoms with Crippen LogP contribution in [-0.4, -0.2) is 43.5 Å². The Labute approximate surface area is 184 Å². The summed E-state index contributed by atoms with van der Waals surface area (Å²) in [5.74, 6) is 0. The summed E-state index contributed by atoms with van der Waals surface area (Å²) in [6.45, 7) is 21.2. The van der Waals surface area contributed by atoms with Crippen molar-refractivity contribution in [3.8, 4) is 0 Å². The summed E-state index contributed by atoms with van der Waals surface area (Å²) in [7, 11) is -4.91. The minimum Gasteiger partial charge on any atom is -0.394 e. The van der Waals surface area contributed by atoms with Gasteiger partial charge in [0.1, 0.15) is 0 Å². The lowest BCUT2D eigenvalue weighted by Crippen LogP contribution is -2.58. The van der Waals surface area contributed by atoms with E-state index in [1.54, 1.807) is 0 Å². The number of hydrogen-bond donors (Lipinski definition) is 0. The summed E-state index contributed by atoms with van der Waals surface area (Å²) in [6.07, 6.45) is 8.91. The SMILES string of the molecule is CCCCO[Si](C[Si](OCCCC)(OCCCC)C(C)C)(OCCCC)C(C)C. The van der Waals surface area contributed by atoms with Crippen molar-refractivity contribution in [2.45, 2.75) is 124 Å². The second-order valence-electron chi connectivity index (χ2n) is 8.92. The van der Waals surface area contributed by atoms with Crippen LogP contribution in [0.1, 0.15) is 107 Å². The van der Waals surface area contributed by atoms with Crippen molar-refractivity contribution in [2.24, 2.45) is 0 Å². The molecule has 0 amide bonds. The lowest BCUT2D eigenvalue weighted by molar-refractivity contribution is 0.136. The zero-order chi connectivity index (χ0) is 22.2. The first-order valence-electron chi connectivity index (χ1n) is 12.4. The third kappa shape index (κ3) is 10.9. The van der Waals surface area contributed by atoms with Gasteiger partial charge < -0.3 is 17.7 Å². The van der Waals surface area contributed by atoms with Crippen LogP contribution in [0.5, 0.6) is 0 Å². The third-order valence-electron chi connectivity index (χ3n) is 5.63. The predicted octanol–water partition coefficient (Wildman–Crippen LogP) is 7.50. The summed E-state index contributed by atoms with van der Waals surface area (Å²) in [4.78, 5) is 0. The highest BCUT2D eigenvalue weighted by atomic mass is 28.4. The zero-order valence-electron chi connectivity index (χ0n) is 21.0. The molecule has 0 bridgehead atoms. The van der Waals surface area contributed by atoms with Gasteiger partial charge in [0.25, 0.3) is 0 Å². The van der Waals surface area contributed by atoms with Crippen LogP contribution >= 0.6 is 0 Å². The van der Waals surface area contributed by atoms with Crippen molar-refractivity contribution in [1.29, 1.82) is 0 Å². The van der Waals surface area contributed by atoms with Gasteiger partial charge in [-0.25, -0.2) is 0 Å². The Morgan fingerprint density at radius 3 is 0.897 bits per heavy atom. The molecule has 0 spiro atoms. The maximum Gasteiger partial charge on any atom is 0.342 e. The van der Waals surface area contributed by atoms with Crippen molar-refractivity contribution in [3.63, 3.8) is 0 Å². The first-order valence-corrected chi connectivity index (χ1v) is 16.6. The summed E-state index contributed by atoms with van der Waals surface area (Å²) in [6, 6.07) is 0. The largest absolute Gasteiger partial charge is 0.394 e. The van der Waals surface area contributed by atoms with E-state index >= 15 is 0 Å². The van der Waals surface area contributed by atoms with Gasteiger partial charge in [-0.05, 0) is 36.8 Å². The Balaban J connectivity index is 5.77. The molecule has 0 aromatic rings. The molecule has 0 aliphatic carbocycles. The second kappa shape index (κ2) is 16.9. The minimum absolute atomic E-state index is 0.381. The van der Waals surface area contributed by atoms with E-state index in [0.29, 0.717) is 11.1 Å². The summed E-state index contributed by atoms with van der Waals surface area (Å²) in [5, 5.41) is 0. The van der Waals surface area contributed by atoms with Crippen LogP contribution in [0, 0.1) is 0 Å². The van der Waals surface area contributed by atoms with E-state index in [1.807, 2.05) is 0 Å². The molecular formula is C23H52O4Si2. The Morgan fingerprint density at radius 2 is 0.724 bits per heavy atom. The monoisotopic (exact) mass is 448 g/mol. The number of rotatable bonds is 20. The van der Waals surface area contributed by atoms with Crippen LogP contribution in [0.3, 0.4) is 0 Å². The Morgan fingerprint density at radius 1 is 0.483 bits per heavy atom. The maximum atomic E-state index is 6.69. The van der Waals surface area contributed by atoms with Gasteiger partial charge in [0.05, 0.1) is 0 Å². The van der Waals surface area contributed by atoms with Crippen molar-refractivity contribution >= 4 is 17.1 Å². The normalized spacial score (nSPS) is 13.0. The molecule has 0 aromatic heterocycles. The Hall–Kier alpha value is 0.274. The molecule has 0 radical (unpaired) electrons. The maximum absolute atomic E-state index is 6.69. The highest BCUT2D eigenvalue weighted by Crippen LogP contribution is 2.39. The van der Waals surface area contributed by atoms with E-state index < -0.39 is 17.1 Å². The van der Waals surface area contributed by atoms with E-state index in [1.165, 1.54) is 0 Å². The molecule has 0 atom stereocenters. The first kappa shape index (κ1) is 29.3. The lowest BCUT2D eigenvalue weighted by atomic mass is 10.4. The van der Waals surface area contributed by atoms with Crippen LogP contribution in [0.15, 0.2) is 0 Å². The van der Waals surface area contributed by atoms with Gasteiger partial charge in [0.2, 0.25) is 0 Å². The molecule has 0 saturated heterocycles. The highest BCUT2D eigenvalue weighted by Gasteiger charge is 2.54. The van der Waals surface area contributed by atoms with Crippen molar-refractivity contribution < 1.29 is 17.7 Å². The molecule has 0 unspecified atom stereocenters. The molecule has 6 heteroatoms. The smallest absolute Gasteiger partial charge is 0.342 e. The Bertz CT molecular complexity index is 324. The van der Waals surface area contributed by atoms with E-state index in [9.17, 15) is 0 Å². The molecule has 0 aliphatic rings. The van der Waals surface area contributed by atoms with E-state index in [2.05, 4.69) is 55.4 Å². The van der Waals surface area contributed by atoms with Crippen LogP contribution in [-0.2, 0) is 17.7 Å². The molecule has 0 saturated carbocycles. The molecule has 176 valence electrons. The average molecular weight is 449 g/mol. The van der Waals surface area contributed by atoms with Crippen LogP contribution < -0.4 is 0 Å². The molecule has 0 heterocycles. The molecule has 0 aromatic carbocycles. The fraction of sp³-hybridized carbons (Fsp3) is 1.00. The van der Waals surface area contributed by atoms with E-state index in [4.69, 9.17) is 17.7 Å². The zero-order valence-corrected chi connectivity index (χ0v) is 23.0. The molecule has 4 nitrogen and oxygen atoms in total. The quantitative estimate of drug-likeness (QED) is 0.143. The summed E-state index contributed by atoms with van der Waals surface area (Å²) >= 11 is 0. The van der Waals surface area contributed by atoms with Crippen LogP contribution in [0.2, 0.25) is 16.7 Å². The van der Waals surface area contributed by atoms with Gasteiger partial charge in [-0.1, -0.05) is 81.1 Å². The fourth-order valence-corrected chi connectivity index (χ4v) is 14.4. The molecule has 0 fully saturated rings. The fourth-order valence-electron chi connectivity index (χ4n) is 3.26. The topological polar surface area (TPSA) is 36.9 Å². The van der Waals surface area contributed by atoms with Gasteiger partial charge in [0, 0.05) is 32.1 Å². The van der Waals surface area contributed by atoms with Gasteiger partial charge in [-0.3, -0.25) is 0 Å². The predicted molar refractivity (Wildman–Crippen MR) is 130 cm³/mol. The van der Waals surface area contributed by atoms with Crippen molar-refractivity contribution in [1.82, 2.24) is 0 Å². The van der Waals surface area contributed by atoms with Gasteiger partial charge in [-0.15, -0.1) is 0 Å². The third-order valence-corrected chi connectivity index (χ3v) is 15.9. The van der Waals surface area contributed by atoms with Crippen LogP contribution in [0.4, 0.5) is 0 Å². The molecule has 29 heavy (non-hydrogen) atoms. The standard InChI is InChI=1S/C23H52O4Si2/c1-9-13-17-24-28(22(5)6,25-18-14-10-2)21-29(23(7)8,26-19-15-11-3)27-20-16-12-4/h22-23H,9-21H2,1-8H3. The highest BCUT2D eigenvalue weighted by molar-refractivity contribution is 6.87. The average Bonchev–Trinajstić information content (AvgIpc) is 2.68. The van der Waals surface area contributed by atoms with Crippen LogP contribution in [0.25, 0.3) is 0 Å². The number of hydrogen-bond acceptors (Lipinski definition) is 4. The molecular weight excluding hydrogens is 396 g/mol.